The summed E-state index contributed by atoms with van der Waals surface area (Å²) in [6.45, 7) is 4.00. The number of carboxylic acids is 1. The number of rotatable bonds is 6. The molecule has 0 unspecified atom stereocenters. The molecule has 0 aliphatic heterocycles. The smallest absolute Gasteiger partial charge is 0.303 e. The second-order valence-electron chi connectivity index (χ2n) is 4.61. The van der Waals surface area contributed by atoms with E-state index in [9.17, 15) is 9.59 Å². The minimum atomic E-state index is -0.864. The van der Waals surface area contributed by atoms with Crippen molar-refractivity contribution < 1.29 is 14.7 Å². The van der Waals surface area contributed by atoms with Gasteiger partial charge in [0.25, 0.3) is 0 Å². The Kier molecular flexibility index (Phi) is 7.62. The molecule has 0 amide bonds. The van der Waals surface area contributed by atoms with Crippen LogP contribution in [0.4, 0.5) is 0 Å². The third-order valence-electron chi connectivity index (χ3n) is 3.11. The standard InChI is InChI=1S/C17H16O3.C2H6/c18-16(7-4-8-17(19)20)15-11-9-14(10-12-15)13-5-2-1-3-6-13;1-2/h1-3,5-6,9-12H,4,7-8H2,(H,19,20);1-2H3. The topological polar surface area (TPSA) is 54.4 Å². The molecule has 0 saturated carbocycles. The number of Topliss-reactive ketones (excluding diaryl/α,β-unsaturated/α-hetero) is 1. The fraction of sp³-hybridized carbons (Fsp3) is 0.263. The van der Waals surface area contributed by atoms with Gasteiger partial charge in [-0.3, -0.25) is 9.59 Å². The van der Waals surface area contributed by atoms with Gasteiger partial charge in [-0.25, -0.2) is 0 Å². The predicted octanol–water partition coefficient (Wildman–Crippen LogP) is 4.82. The average Bonchev–Trinajstić information content (AvgIpc) is 2.57. The highest BCUT2D eigenvalue weighted by Gasteiger charge is 2.07. The van der Waals surface area contributed by atoms with Gasteiger partial charge in [0.05, 0.1) is 0 Å². The van der Waals surface area contributed by atoms with Gasteiger partial charge in [-0.2, -0.15) is 0 Å². The molecule has 22 heavy (non-hydrogen) atoms. The molecule has 0 spiro atoms. The van der Waals surface area contributed by atoms with E-state index >= 15 is 0 Å². The maximum atomic E-state index is 11.9. The Bertz CT molecular complexity index is 586. The van der Waals surface area contributed by atoms with Gasteiger partial charge in [-0.05, 0) is 17.5 Å². The molecular formula is C19H22O3. The molecule has 2 aromatic carbocycles. The molecule has 3 nitrogen and oxygen atoms in total. The van der Waals surface area contributed by atoms with Crippen molar-refractivity contribution in [3.63, 3.8) is 0 Å². The van der Waals surface area contributed by atoms with Crippen LogP contribution in [0.25, 0.3) is 11.1 Å². The Morgan fingerprint density at radius 2 is 1.36 bits per heavy atom. The van der Waals surface area contributed by atoms with E-state index in [1.54, 1.807) is 12.1 Å². The van der Waals surface area contributed by atoms with E-state index in [0.29, 0.717) is 12.0 Å². The number of hydrogen-bond donors (Lipinski definition) is 1. The van der Waals surface area contributed by atoms with Gasteiger partial charge in [0.1, 0.15) is 0 Å². The van der Waals surface area contributed by atoms with Crippen molar-refractivity contribution in [3.8, 4) is 11.1 Å². The van der Waals surface area contributed by atoms with Crippen molar-refractivity contribution >= 4 is 11.8 Å². The minimum absolute atomic E-state index is 0.00846. The summed E-state index contributed by atoms with van der Waals surface area (Å²) in [6, 6.07) is 17.4. The molecule has 0 heterocycles. The van der Waals surface area contributed by atoms with E-state index in [1.165, 1.54) is 0 Å². The van der Waals surface area contributed by atoms with E-state index < -0.39 is 5.97 Å². The SMILES string of the molecule is CC.O=C(O)CCCC(=O)c1ccc(-c2ccccc2)cc1. The number of carboxylic acid groups (broad SMARTS) is 1. The normalized spacial score (nSPS) is 9.55. The fourth-order valence-corrected chi connectivity index (χ4v) is 2.02. The van der Waals surface area contributed by atoms with Crippen LogP contribution in [0.15, 0.2) is 54.6 Å². The molecule has 2 aromatic rings. The first-order valence-electron chi connectivity index (χ1n) is 7.57. The van der Waals surface area contributed by atoms with Gasteiger partial charge in [-0.15, -0.1) is 0 Å². The molecule has 2 rings (SSSR count). The van der Waals surface area contributed by atoms with Crippen molar-refractivity contribution in [1.29, 1.82) is 0 Å². The van der Waals surface area contributed by atoms with Crippen LogP contribution in [0, 0.1) is 0 Å². The molecule has 3 heteroatoms. The quantitative estimate of drug-likeness (QED) is 0.778. The maximum absolute atomic E-state index is 11.9. The lowest BCUT2D eigenvalue weighted by Crippen LogP contribution is -2.01. The summed E-state index contributed by atoms with van der Waals surface area (Å²) in [5.74, 6) is -0.872. The Balaban J connectivity index is 0.00000116. The Morgan fingerprint density at radius 3 is 1.91 bits per heavy atom. The lowest BCUT2D eigenvalue weighted by atomic mass is 10.0. The lowest BCUT2D eigenvalue weighted by molar-refractivity contribution is -0.137. The zero-order valence-electron chi connectivity index (χ0n) is 13.1. The van der Waals surface area contributed by atoms with Crippen LogP contribution >= 0.6 is 0 Å². The molecule has 116 valence electrons. The molecule has 1 N–H and O–H groups in total. The van der Waals surface area contributed by atoms with Gasteiger partial charge >= 0.3 is 5.97 Å². The van der Waals surface area contributed by atoms with Gasteiger partial charge in [0.15, 0.2) is 5.78 Å². The molecule has 0 saturated heterocycles. The van der Waals surface area contributed by atoms with Crippen LogP contribution in [0.1, 0.15) is 43.5 Å². The summed E-state index contributed by atoms with van der Waals surface area (Å²) in [6.07, 6.45) is 0.694. The van der Waals surface area contributed by atoms with Crippen LogP contribution in [0.5, 0.6) is 0 Å². The summed E-state index contributed by atoms with van der Waals surface area (Å²) in [4.78, 5) is 22.3. The highest BCUT2D eigenvalue weighted by molar-refractivity contribution is 5.96. The lowest BCUT2D eigenvalue weighted by Gasteiger charge is -2.04. The summed E-state index contributed by atoms with van der Waals surface area (Å²) >= 11 is 0. The number of ketones is 1. The number of carbonyl (C=O) groups excluding carboxylic acids is 1. The maximum Gasteiger partial charge on any atom is 0.303 e. The van der Waals surface area contributed by atoms with E-state index in [4.69, 9.17) is 5.11 Å². The van der Waals surface area contributed by atoms with Crippen LogP contribution in [0.2, 0.25) is 0 Å². The highest BCUT2D eigenvalue weighted by Crippen LogP contribution is 2.20. The van der Waals surface area contributed by atoms with Crippen LogP contribution < -0.4 is 0 Å². The van der Waals surface area contributed by atoms with E-state index in [1.807, 2.05) is 56.3 Å². The van der Waals surface area contributed by atoms with Crippen molar-refractivity contribution in [2.75, 3.05) is 0 Å². The monoisotopic (exact) mass is 298 g/mol. The predicted molar refractivity (Wildman–Crippen MR) is 89.0 cm³/mol. The zero-order valence-corrected chi connectivity index (χ0v) is 13.1. The number of hydrogen-bond acceptors (Lipinski definition) is 2. The van der Waals surface area contributed by atoms with Crippen molar-refractivity contribution in [2.45, 2.75) is 33.1 Å². The molecule has 0 radical (unpaired) electrons. The van der Waals surface area contributed by atoms with Gasteiger partial charge in [0, 0.05) is 18.4 Å². The molecule has 0 aliphatic carbocycles. The first-order valence-corrected chi connectivity index (χ1v) is 7.57. The number of aliphatic carboxylic acids is 1. The molecule has 0 bridgehead atoms. The van der Waals surface area contributed by atoms with Crippen molar-refractivity contribution in [3.05, 3.63) is 60.2 Å². The van der Waals surface area contributed by atoms with Crippen LogP contribution in [-0.2, 0) is 4.79 Å². The third kappa shape index (κ3) is 5.52. The summed E-state index contributed by atoms with van der Waals surface area (Å²) in [5, 5.41) is 8.55. The van der Waals surface area contributed by atoms with Gasteiger partial charge in [0.2, 0.25) is 0 Å². The molecule has 0 atom stereocenters. The minimum Gasteiger partial charge on any atom is -0.481 e. The van der Waals surface area contributed by atoms with Gasteiger partial charge < -0.3 is 5.11 Å². The fourth-order valence-electron chi connectivity index (χ4n) is 2.02. The number of carbonyl (C=O) groups is 2. The zero-order chi connectivity index (χ0) is 16.4. The van der Waals surface area contributed by atoms with Crippen molar-refractivity contribution in [1.82, 2.24) is 0 Å². The first-order chi connectivity index (χ1) is 10.7. The Hall–Kier alpha value is -2.42. The average molecular weight is 298 g/mol. The second kappa shape index (κ2) is 9.50. The molecule has 0 aliphatic rings. The van der Waals surface area contributed by atoms with Gasteiger partial charge in [-0.1, -0.05) is 68.4 Å². The summed E-state index contributed by atoms with van der Waals surface area (Å²) in [7, 11) is 0. The van der Waals surface area contributed by atoms with E-state index in [2.05, 4.69) is 0 Å². The second-order valence-corrected chi connectivity index (χ2v) is 4.61. The first kappa shape index (κ1) is 17.6. The summed E-state index contributed by atoms with van der Waals surface area (Å²) < 4.78 is 0. The van der Waals surface area contributed by atoms with Crippen LogP contribution in [0.3, 0.4) is 0 Å². The van der Waals surface area contributed by atoms with E-state index in [0.717, 1.165) is 11.1 Å². The van der Waals surface area contributed by atoms with E-state index in [-0.39, 0.29) is 18.6 Å². The summed E-state index contributed by atoms with van der Waals surface area (Å²) in [5.41, 5.74) is 2.81. The van der Waals surface area contributed by atoms with Crippen LogP contribution in [-0.4, -0.2) is 16.9 Å². The highest BCUT2D eigenvalue weighted by atomic mass is 16.4. The molecule has 0 fully saturated rings. The number of benzene rings is 2. The Labute approximate surface area is 131 Å². The molecule has 0 aromatic heterocycles. The van der Waals surface area contributed by atoms with Crippen molar-refractivity contribution in [2.24, 2.45) is 0 Å². The Morgan fingerprint density at radius 1 is 0.818 bits per heavy atom. The third-order valence-corrected chi connectivity index (χ3v) is 3.11. The largest absolute Gasteiger partial charge is 0.481 e. The molecular weight excluding hydrogens is 276 g/mol.